The minimum Gasteiger partial charge on any atom is -0.503 e. The summed E-state index contributed by atoms with van der Waals surface area (Å²) in [5.41, 5.74) is 3.33. The molecule has 2 aromatic carbocycles. The summed E-state index contributed by atoms with van der Waals surface area (Å²) in [6.07, 6.45) is 1.37. The fraction of sp³-hybridized carbons (Fsp3) is 0.0556. The van der Waals surface area contributed by atoms with Gasteiger partial charge >= 0.3 is 0 Å². The first-order valence-corrected chi connectivity index (χ1v) is 7.54. The van der Waals surface area contributed by atoms with E-state index in [0.717, 1.165) is 11.1 Å². The van der Waals surface area contributed by atoms with Gasteiger partial charge in [0.1, 0.15) is 12.0 Å². The first-order chi connectivity index (χ1) is 11.6. The molecular weight excluding hydrogens is 324 g/mol. The highest BCUT2D eigenvalue weighted by Crippen LogP contribution is 2.35. The van der Waals surface area contributed by atoms with Crippen molar-refractivity contribution in [2.75, 3.05) is 5.32 Å². The lowest BCUT2D eigenvalue weighted by molar-refractivity contribution is 0.475. The molecular formula is C18H13ClN4O. The van der Waals surface area contributed by atoms with Crippen molar-refractivity contribution < 1.29 is 5.11 Å². The number of aromatic nitrogens is 2. The van der Waals surface area contributed by atoms with Gasteiger partial charge in [-0.05, 0) is 25.1 Å². The molecule has 0 bridgehead atoms. The van der Waals surface area contributed by atoms with Gasteiger partial charge in [0.25, 0.3) is 0 Å². The van der Waals surface area contributed by atoms with Crippen LogP contribution in [0.25, 0.3) is 11.3 Å². The van der Waals surface area contributed by atoms with Crippen LogP contribution in [0.15, 0.2) is 48.8 Å². The number of rotatable bonds is 3. The molecule has 0 amide bonds. The maximum Gasteiger partial charge on any atom is 0.185 e. The van der Waals surface area contributed by atoms with Crippen LogP contribution in [0.1, 0.15) is 11.1 Å². The highest BCUT2D eigenvalue weighted by molar-refractivity contribution is 6.33. The highest BCUT2D eigenvalue weighted by atomic mass is 35.5. The van der Waals surface area contributed by atoms with Crippen LogP contribution in [0.4, 0.5) is 11.5 Å². The quantitative estimate of drug-likeness (QED) is 0.739. The van der Waals surface area contributed by atoms with Gasteiger partial charge in [-0.25, -0.2) is 9.97 Å². The van der Waals surface area contributed by atoms with E-state index in [-0.39, 0.29) is 11.6 Å². The van der Waals surface area contributed by atoms with Crippen LogP contribution in [0.2, 0.25) is 5.02 Å². The Labute approximate surface area is 144 Å². The van der Waals surface area contributed by atoms with Crippen LogP contribution in [-0.4, -0.2) is 15.1 Å². The largest absolute Gasteiger partial charge is 0.503 e. The van der Waals surface area contributed by atoms with Crippen molar-refractivity contribution in [2.45, 2.75) is 6.92 Å². The number of aryl methyl sites for hydroxylation is 1. The Balaban J connectivity index is 1.97. The molecule has 0 spiro atoms. The van der Waals surface area contributed by atoms with E-state index in [1.807, 2.05) is 37.3 Å². The third-order valence-corrected chi connectivity index (χ3v) is 3.81. The number of aromatic hydroxyl groups is 1. The Morgan fingerprint density at radius 1 is 1.12 bits per heavy atom. The molecule has 118 valence electrons. The predicted octanol–water partition coefficient (Wildman–Crippen LogP) is 4.43. The summed E-state index contributed by atoms with van der Waals surface area (Å²) < 4.78 is 0. The maximum atomic E-state index is 10.5. The van der Waals surface area contributed by atoms with E-state index in [9.17, 15) is 5.11 Å². The monoisotopic (exact) mass is 336 g/mol. The standard InChI is InChI=1S/C18H13ClN4O/c1-11-2-5-13(6-3-11)16-17(24)18(22-10-21-16)23-15-7-4-12(9-20)8-14(15)19/h2-8,10,24H,1H3,(H,21,22,23). The Kier molecular flexibility index (Phi) is 4.32. The van der Waals surface area contributed by atoms with Crippen LogP contribution in [0, 0.1) is 18.3 Å². The second-order valence-corrected chi connectivity index (χ2v) is 5.62. The molecule has 1 heterocycles. The smallest absolute Gasteiger partial charge is 0.185 e. The minimum absolute atomic E-state index is 0.0678. The summed E-state index contributed by atoms with van der Waals surface area (Å²) in [5.74, 6) is 0.175. The van der Waals surface area contributed by atoms with Crippen molar-refractivity contribution in [1.82, 2.24) is 9.97 Å². The SMILES string of the molecule is Cc1ccc(-c2ncnc(Nc3ccc(C#N)cc3Cl)c2O)cc1. The molecule has 0 unspecified atom stereocenters. The van der Waals surface area contributed by atoms with E-state index >= 15 is 0 Å². The van der Waals surface area contributed by atoms with Gasteiger partial charge in [0.2, 0.25) is 0 Å². The average molecular weight is 337 g/mol. The molecule has 0 fully saturated rings. The van der Waals surface area contributed by atoms with Crippen molar-refractivity contribution in [3.8, 4) is 23.1 Å². The van der Waals surface area contributed by atoms with Crippen LogP contribution in [-0.2, 0) is 0 Å². The van der Waals surface area contributed by atoms with Crippen molar-refractivity contribution in [3.63, 3.8) is 0 Å². The van der Waals surface area contributed by atoms with Gasteiger partial charge in [0.05, 0.1) is 22.3 Å². The van der Waals surface area contributed by atoms with Gasteiger partial charge in [0.15, 0.2) is 11.6 Å². The normalized spacial score (nSPS) is 10.2. The molecule has 3 rings (SSSR count). The summed E-state index contributed by atoms with van der Waals surface area (Å²) in [5, 5.41) is 22.7. The van der Waals surface area contributed by atoms with Crippen molar-refractivity contribution in [2.24, 2.45) is 0 Å². The van der Waals surface area contributed by atoms with Gasteiger partial charge in [-0.3, -0.25) is 0 Å². The summed E-state index contributed by atoms with van der Waals surface area (Å²) in [7, 11) is 0. The fourth-order valence-corrected chi connectivity index (χ4v) is 2.43. The molecule has 0 saturated carbocycles. The average Bonchev–Trinajstić information content (AvgIpc) is 2.59. The van der Waals surface area contributed by atoms with E-state index in [1.165, 1.54) is 6.33 Å². The lowest BCUT2D eigenvalue weighted by Crippen LogP contribution is -1.98. The minimum atomic E-state index is -0.0678. The number of nitriles is 1. The summed E-state index contributed by atoms with van der Waals surface area (Å²) in [6.45, 7) is 1.99. The number of anilines is 2. The van der Waals surface area contributed by atoms with Crippen molar-refractivity contribution in [3.05, 3.63) is 64.9 Å². The molecule has 5 nitrogen and oxygen atoms in total. The lowest BCUT2D eigenvalue weighted by atomic mass is 10.1. The number of halogens is 1. The zero-order chi connectivity index (χ0) is 17.1. The van der Waals surface area contributed by atoms with Crippen molar-refractivity contribution >= 4 is 23.1 Å². The Morgan fingerprint density at radius 3 is 2.54 bits per heavy atom. The molecule has 3 aromatic rings. The van der Waals surface area contributed by atoms with E-state index in [0.29, 0.717) is 22.0 Å². The number of nitrogens with zero attached hydrogens (tertiary/aromatic N) is 3. The topological polar surface area (TPSA) is 81.8 Å². The van der Waals surface area contributed by atoms with Crippen molar-refractivity contribution in [1.29, 1.82) is 5.26 Å². The molecule has 0 aliphatic carbocycles. The fourth-order valence-electron chi connectivity index (χ4n) is 2.21. The Bertz CT molecular complexity index is 933. The number of hydrogen-bond donors (Lipinski definition) is 2. The van der Waals surface area contributed by atoms with Gasteiger partial charge in [0, 0.05) is 5.56 Å². The van der Waals surface area contributed by atoms with Gasteiger partial charge in [-0.1, -0.05) is 41.4 Å². The van der Waals surface area contributed by atoms with Crippen LogP contribution >= 0.6 is 11.6 Å². The summed E-state index contributed by atoms with van der Waals surface area (Å²) in [4.78, 5) is 8.22. The predicted molar refractivity (Wildman–Crippen MR) is 93.3 cm³/mol. The Morgan fingerprint density at radius 2 is 1.88 bits per heavy atom. The zero-order valence-electron chi connectivity index (χ0n) is 12.8. The summed E-state index contributed by atoms with van der Waals surface area (Å²) in [6, 6.07) is 14.5. The summed E-state index contributed by atoms with van der Waals surface area (Å²) >= 11 is 6.15. The second kappa shape index (κ2) is 6.57. The highest BCUT2D eigenvalue weighted by Gasteiger charge is 2.13. The third-order valence-electron chi connectivity index (χ3n) is 3.50. The third kappa shape index (κ3) is 3.14. The number of benzene rings is 2. The van der Waals surface area contributed by atoms with E-state index < -0.39 is 0 Å². The van der Waals surface area contributed by atoms with E-state index in [4.69, 9.17) is 16.9 Å². The number of hydrogen-bond acceptors (Lipinski definition) is 5. The molecule has 2 N–H and O–H groups in total. The molecule has 0 saturated heterocycles. The van der Waals surface area contributed by atoms with Gasteiger partial charge in [-0.15, -0.1) is 0 Å². The van der Waals surface area contributed by atoms with Gasteiger partial charge < -0.3 is 10.4 Å². The number of nitrogens with one attached hydrogen (secondary N) is 1. The molecule has 0 aliphatic rings. The first kappa shape index (κ1) is 15.8. The maximum absolute atomic E-state index is 10.5. The Hall–Kier alpha value is -3.10. The molecule has 0 atom stereocenters. The molecule has 0 aliphatic heterocycles. The van der Waals surface area contributed by atoms with Gasteiger partial charge in [-0.2, -0.15) is 5.26 Å². The lowest BCUT2D eigenvalue weighted by Gasteiger charge is -2.11. The van der Waals surface area contributed by atoms with E-state index in [1.54, 1.807) is 18.2 Å². The van der Waals surface area contributed by atoms with E-state index in [2.05, 4.69) is 15.3 Å². The first-order valence-electron chi connectivity index (χ1n) is 7.16. The van der Waals surface area contributed by atoms with Crippen LogP contribution < -0.4 is 5.32 Å². The molecule has 24 heavy (non-hydrogen) atoms. The van der Waals surface area contributed by atoms with Crippen LogP contribution in [0.5, 0.6) is 5.75 Å². The molecule has 0 radical (unpaired) electrons. The molecule has 6 heteroatoms. The van der Waals surface area contributed by atoms with Crippen LogP contribution in [0.3, 0.4) is 0 Å². The zero-order valence-corrected chi connectivity index (χ0v) is 13.5. The second-order valence-electron chi connectivity index (χ2n) is 5.22. The molecule has 1 aromatic heterocycles.